The molecule has 1 aliphatic rings. The van der Waals surface area contributed by atoms with Crippen molar-refractivity contribution in [3.8, 4) is 0 Å². The number of hydrogen-bond acceptors (Lipinski definition) is 5. The van der Waals surface area contributed by atoms with E-state index in [1.165, 1.54) is 12.1 Å². The van der Waals surface area contributed by atoms with Crippen molar-refractivity contribution in [1.29, 1.82) is 0 Å². The maximum absolute atomic E-state index is 11.3. The van der Waals surface area contributed by atoms with Gasteiger partial charge in [-0.2, -0.15) is 8.42 Å². The van der Waals surface area contributed by atoms with Crippen molar-refractivity contribution in [2.75, 3.05) is 0 Å². The summed E-state index contributed by atoms with van der Waals surface area (Å²) in [4.78, 5) is 0.0417. The monoisotopic (exact) mass is 200 g/mol. The zero-order chi connectivity index (χ0) is 9.69. The summed E-state index contributed by atoms with van der Waals surface area (Å²) < 4.78 is 27.1. The van der Waals surface area contributed by atoms with Crippen molar-refractivity contribution in [3.63, 3.8) is 0 Å². The molecule has 0 bridgehead atoms. The zero-order valence-corrected chi connectivity index (χ0v) is 7.41. The van der Waals surface area contributed by atoms with Crippen LogP contribution in [0, 0.1) is 0 Å². The number of hydrogen-bond donors (Lipinski definition) is 2. The number of fused-ring (bicyclic) bond motifs is 1. The van der Waals surface area contributed by atoms with E-state index < -0.39 is 16.0 Å². The van der Waals surface area contributed by atoms with Crippen LogP contribution >= 0.6 is 0 Å². The lowest BCUT2D eigenvalue weighted by atomic mass is 10.1. The standard InChI is InChI=1S/C7H8N2O3S/c8-7(9)5-3-1-2-4-6(5)13(10,11)12-7/h1-4H,8-9H2. The van der Waals surface area contributed by atoms with Crippen LogP contribution in [0.1, 0.15) is 5.56 Å². The first kappa shape index (κ1) is 8.64. The van der Waals surface area contributed by atoms with Crippen LogP contribution in [0.5, 0.6) is 0 Å². The molecule has 1 aromatic rings. The zero-order valence-electron chi connectivity index (χ0n) is 6.60. The molecule has 1 aromatic carbocycles. The maximum Gasteiger partial charge on any atom is 0.300 e. The van der Waals surface area contributed by atoms with Gasteiger partial charge in [-0.25, -0.2) is 4.18 Å². The van der Waals surface area contributed by atoms with Gasteiger partial charge in [-0.15, -0.1) is 0 Å². The molecule has 6 heteroatoms. The summed E-state index contributed by atoms with van der Waals surface area (Å²) in [6.45, 7) is 0. The molecule has 0 amide bonds. The van der Waals surface area contributed by atoms with Crippen molar-refractivity contribution in [1.82, 2.24) is 0 Å². The third kappa shape index (κ3) is 1.15. The second kappa shape index (κ2) is 2.30. The van der Waals surface area contributed by atoms with Gasteiger partial charge in [0.05, 0.1) is 0 Å². The van der Waals surface area contributed by atoms with Crippen molar-refractivity contribution in [2.45, 2.75) is 10.7 Å². The van der Waals surface area contributed by atoms with Crippen LogP contribution in [0.25, 0.3) is 0 Å². The van der Waals surface area contributed by atoms with Gasteiger partial charge >= 0.3 is 10.1 Å². The van der Waals surface area contributed by atoms with Crippen LogP contribution in [0.15, 0.2) is 29.2 Å². The molecule has 13 heavy (non-hydrogen) atoms. The molecular weight excluding hydrogens is 192 g/mol. The fraction of sp³-hybridized carbons (Fsp3) is 0.143. The molecule has 5 nitrogen and oxygen atoms in total. The molecule has 0 radical (unpaired) electrons. The Morgan fingerprint density at radius 3 is 2.46 bits per heavy atom. The minimum absolute atomic E-state index is 0.0417. The van der Waals surface area contributed by atoms with Gasteiger partial charge in [-0.3, -0.25) is 11.5 Å². The maximum atomic E-state index is 11.3. The molecule has 0 aliphatic carbocycles. The van der Waals surface area contributed by atoms with E-state index >= 15 is 0 Å². The molecule has 0 saturated heterocycles. The summed E-state index contributed by atoms with van der Waals surface area (Å²) in [5, 5.41) is 0. The number of benzene rings is 1. The first-order chi connectivity index (χ1) is 5.93. The van der Waals surface area contributed by atoms with Gasteiger partial charge in [0.25, 0.3) is 0 Å². The molecular formula is C7H8N2O3S. The fourth-order valence-corrected chi connectivity index (χ4v) is 2.56. The van der Waals surface area contributed by atoms with Crippen LogP contribution in [0.3, 0.4) is 0 Å². The largest absolute Gasteiger partial charge is 0.300 e. The van der Waals surface area contributed by atoms with E-state index in [4.69, 9.17) is 11.5 Å². The summed E-state index contributed by atoms with van der Waals surface area (Å²) in [7, 11) is -3.76. The molecule has 0 saturated carbocycles. The lowest BCUT2D eigenvalue weighted by molar-refractivity contribution is 0.103. The van der Waals surface area contributed by atoms with Crippen LogP contribution in [-0.2, 0) is 20.2 Å². The molecule has 4 N–H and O–H groups in total. The van der Waals surface area contributed by atoms with Gasteiger partial charge in [-0.05, 0) is 6.07 Å². The second-order valence-corrected chi connectivity index (χ2v) is 4.34. The van der Waals surface area contributed by atoms with Crippen molar-refractivity contribution < 1.29 is 12.6 Å². The van der Waals surface area contributed by atoms with Gasteiger partial charge in [0, 0.05) is 5.56 Å². The van der Waals surface area contributed by atoms with E-state index in [1.54, 1.807) is 12.1 Å². The van der Waals surface area contributed by atoms with Crippen LogP contribution in [-0.4, -0.2) is 8.42 Å². The summed E-state index contributed by atoms with van der Waals surface area (Å²) >= 11 is 0. The summed E-state index contributed by atoms with van der Waals surface area (Å²) in [5.41, 5.74) is 11.2. The molecule has 0 fully saturated rings. The smallest absolute Gasteiger partial charge is 0.286 e. The highest BCUT2D eigenvalue weighted by molar-refractivity contribution is 7.87. The third-order valence-electron chi connectivity index (χ3n) is 1.82. The van der Waals surface area contributed by atoms with E-state index in [-0.39, 0.29) is 10.5 Å². The van der Waals surface area contributed by atoms with E-state index in [1.807, 2.05) is 0 Å². The topological polar surface area (TPSA) is 95.4 Å². The highest BCUT2D eigenvalue weighted by Crippen LogP contribution is 2.33. The minimum Gasteiger partial charge on any atom is -0.286 e. The minimum atomic E-state index is -3.76. The van der Waals surface area contributed by atoms with Crippen LogP contribution in [0.4, 0.5) is 0 Å². The molecule has 0 unspecified atom stereocenters. The second-order valence-electron chi connectivity index (χ2n) is 2.83. The Labute approximate surface area is 75.4 Å². The van der Waals surface area contributed by atoms with Gasteiger partial charge in [0.15, 0.2) is 0 Å². The molecule has 0 atom stereocenters. The Balaban J connectivity index is 2.79. The first-order valence-electron chi connectivity index (χ1n) is 3.56. The fourth-order valence-electron chi connectivity index (χ4n) is 1.28. The predicted molar refractivity (Wildman–Crippen MR) is 44.8 cm³/mol. The van der Waals surface area contributed by atoms with E-state index in [0.717, 1.165) is 0 Å². The summed E-state index contributed by atoms with van der Waals surface area (Å²) in [6.07, 6.45) is 0. The molecule has 0 spiro atoms. The van der Waals surface area contributed by atoms with Gasteiger partial charge in [0.2, 0.25) is 5.85 Å². The Hall–Kier alpha value is -0.950. The normalized spacial score (nSPS) is 22.6. The molecule has 0 aromatic heterocycles. The third-order valence-corrected chi connectivity index (χ3v) is 3.21. The lowest BCUT2D eigenvalue weighted by Gasteiger charge is -2.14. The highest BCUT2D eigenvalue weighted by atomic mass is 32.2. The Kier molecular flexibility index (Phi) is 1.53. The Morgan fingerprint density at radius 1 is 1.23 bits per heavy atom. The number of rotatable bonds is 0. The summed E-state index contributed by atoms with van der Waals surface area (Å²) in [6, 6.07) is 6.17. The van der Waals surface area contributed by atoms with Crippen molar-refractivity contribution in [3.05, 3.63) is 29.8 Å². The average molecular weight is 200 g/mol. The summed E-state index contributed by atoms with van der Waals surface area (Å²) in [5.74, 6) is -1.73. The lowest BCUT2D eigenvalue weighted by Crippen LogP contribution is -2.46. The van der Waals surface area contributed by atoms with Crippen LogP contribution in [0.2, 0.25) is 0 Å². The van der Waals surface area contributed by atoms with E-state index in [2.05, 4.69) is 4.18 Å². The Bertz CT molecular complexity index is 453. The quantitative estimate of drug-likeness (QED) is 0.432. The van der Waals surface area contributed by atoms with Crippen molar-refractivity contribution >= 4 is 10.1 Å². The molecule has 1 aliphatic heterocycles. The SMILES string of the molecule is NC1(N)OS(=O)(=O)c2ccccc21. The molecule has 70 valence electrons. The first-order valence-corrected chi connectivity index (χ1v) is 4.97. The Morgan fingerprint density at radius 2 is 1.85 bits per heavy atom. The van der Waals surface area contributed by atoms with Gasteiger partial charge in [-0.1, -0.05) is 18.2 Å². The number of nitrogens with two attached hydrogens (primary N) is 2. The predicted octanol–water partition coefficient (Wildman–Crippen LogP) is -0.567. The molecule has 1 heterocycles. The average Bonchev–Trinajstić information content (AvgIpc) is 2.20. The highest BCUT2D eigenvalue weighted by Gasteiger charge is 2.42. The molecule has 2 rings (SSSR count). The van der Waals surface area contributed by atoms with E-state index in [0.29, 0.717) is 0 Å². The van der Waals surface area contributed by atoms with Gasteiger partial charge in [0.1, 0.15) is 4.90 Å². The van der Waals surface area contributed by atoms with Crippen LogP contribution < -0.4 is 11.5 Å². The van der Waals surface area contributed by atoms with Crippen molar-refractivity contribution in [2.24, 2.45) is 11.5 Å². The van der Waals surface area contributed by atoms with Gasteiger partial charge < -0.3 is 0 Å². The van der Waals surface area contributed by atoms with E-state index in [9.17, 15) is 8.42 Å².